The Morgan fingerprint density at radius 1 is 0.920 bits per heavy atom. The number of carbonyl (C=O) groups excluding carboxylic acids is 6. The van der Waals surface area contributed by atoms with Gasteiger partial charge >= 0.3 is 5.97 Å². The lowest BCUT2D eigenvalue weighted by molar-refractivity contribution is -0.145. The van der Waals surface area contributed by atoms with Gasteiger partial charge in [-0.25, -0.2) is 9.80 Å². The van der Waals surface area contributed by atoms with E-state index in [1.165, 1.54) is 33.9 Å². The molecule has 6 amide bonds. The van der Waals surface area contributed by atoms with E-state index in [0.29, 0.717) is 5.57 Å². The molecule has 0 spiro atoms. The van der Waals surface area contributed by atoms with Crippen LogP contribution in [0.1, 0.15) is 60.8 Å². The molecule has 1 rings (SSSR count). The number of nitrogens with zero attached hydrogens (tertiary/aromatic N) is 2. The highest BCUT2D eigenvalue weighted by Gasteiger charge is 2.40. The number of nitrogens with one attached hydrogen (secondary N) is 5. The molecule has 0 saturated heterocycles. The maximum atomic E-state index is 13.7. The van der Waals surface area contributed by atoms with Gasteiger partial charge in [-0.3, -0.25) is 28.8 Å². The standard InChI is InChI=1S/C30H51N9O11/c1-14(2)10-18(24(44)37-21(15(3)4)26(46)36-19(11-40)28(48)49)35-25(45)20-8-7-9-33-39(20)27(47)22(16(5)31)38-23(43)17(6)34-29(50)30(32,12-41)13-42/h9,14,16-20,22,40-42H,7-8,10-13,31-32H2,1-6H3,(H,34,50)(H,35,45)(H,36,46)(H,37,44)(H,38,43)(H,48,49)/t16-,17-,18-,19-,20?,22-/m0/s1. The van der Waals surface area contributed by atoms with Crippen molar-refractivity contribution < 1.29 is 54.0 Å². The summed E-state index contributed by atoms with van der Waals surface area (Å²) in [6.45, 7) is 6.49. The molecule has 13 N–H and O–H groups in total. The smallest absolute Gasteiger partial charge is 0.328 e. The van der Waals surface area contributed by atoms with E-state index in [0.717, 1.165) is 5.01 Å². The average Bonchev–Trinajstić information content (AvgIpc) is 3.06. The van der Waals surface area contributed by atoms with Crippen LogP contribution in [0.25, 0.3) is 0 Å². The first-order valence-corrected chi connectivity index (χ1v) is 15.9. The van der Waals surface area contributed by atoms with E-state index in [4.69, 9.17) is 11.5 Å². The Kier molecular flexibility index (Phi) is 17.1. The van der Waals surface area contributed by atoms with Crippen LogP contribution in [-0.4, -0.2) is 135 Å². The Morgan fingerprint density at radius 3 is 2.00 bits per heavy atom. The number of carboxylic acid groups (broad SMARTS) is 1. The number of carbonyl (C=O) groups is 7. The van der Waals surface area contributed by atoms with Crippen molar-refractivity contribution in [3.63, 3.8) is 0 Å². The van der Waals surface area contributed by atoms with Gasteiger partial charge < -0.3 is 58.5 Å². The largest absolute Gasteiger partial charge is 0.480 e. The summed E-state index contributed by atoms with van der Waals surface area (Å²) >= 11 is 0. The van der Waals surface area contributed by atoms with Crippen LogP contribution in [0.5, 0.6) is 0 Å². The minimum atomic E-state index is -2.07. The van der Waals surface area contributed by atoms with Gasteiger partial charge in [0.1, 0.15) is 35.4 Å². The number of aliphatic hydroxyl groups excluding tert-OH is 3. The summed E-state index contributed by atoms with van der Waals surface area (Å²) in [5, 5.41) is 53.9. The highest BCUT2D eigenvalue weighted by molar-refractivity contribution is 6.02. The second-order valence-electron chi connectivity index (χ2n) is 12.7. The van der Waals surface area contributed by atoms with E-state index in [9.17, 15) is 54.0 Å². The van der Waals surface area contributed by atoms with E-state index in [1.54, 1.807) is 13.8 Å². The maximum absolute atomic E-state index is 13.7. The van der Waals surface area contributed by atoms with Gasteiger partial charge in [0.15, 0.2) is 6.04 Å². The quantitative estimate of drug-likeness (QED) is 0.0597. The fraction of sp³-hybridized carbons (Fsp3) is 0.667. The van der Waals surface area contributed by atoms with Crippen LogP contribution in [0.2, 0.25) is 0 Å². The molecule has 0 aromatic carbocycles. The molecule has 20 nitrogen and oxygen atoms in total. The van der Waals surface area contributed by atoms with Crippen molar-refractivity contribution in [2.45, 2.75) is 103 Å². The molecule has 282 valence electrons. The van der Waals surface area contributed by atoms with Crippen LogP contribution in [-0.2, 0) is 33.6 Å². The SMILES string of the molecule is CC(C)=C(NC(=O)[C@H](CC(C)C)NC(=O)C1CCC=NN1C(=O)[C@@H](NC(=O)[C@H](C)NC(=O)C(N)(CO)CO)[C@H](C)N)C(=O)N[C@@H](CO)C(=O)O. The van der Waals surface area contributed by atoms with E-state index in [-0.39, 0.29) is 30.9 Å². The molecule has 0 aliphatic carbocycles. The summed E-state index contributed by atoms with van der Waals surface area (Å²) in [7, 11) is 0. The fourth-order valence-corrected chi connectivity index (χ4v) is 4.48. The van der Waals surface area contributed by atoms with Crippen LogP contribution < -0.4 is 38.1 Å². The number of rotatable bonds is 18. The molecule has 0 bridgehead atoms. The average molecular weight is 714 g/mol. The number of allylic oxidation sites excluding steroid dienone is 1. The lowest BCUT2D eigenvalue weighted by atomic mass is 10.0. The van der Waals surface area contributed by atoms with Crippen molar-refractivity contribution in [2.24, 2.45) is 22.5 Å². The molecule has 1 unspecified atom stereocenters. The molecule has 50 heavy (non-hydrogen) atoms. The summed E-state index contributed by atoms with van der Waals surface area (Å²) < 4.78 is 0. The van der Waals surface area contributed by atoms with E-state index < -0.39 is 103 Å². The molecule has 0 fully saturated rings. The zero-order valence-electron chi connectivity index (χ0n) is 29.1. The van der Waals surface area contributed by atoms with Crippen LogP contribution in [0.4, 0.5) is 0 Å². The van der Waals surface area contributed by atoms with E-state index in [1.807, 2.05) is 0 Å². The first-order valence-electron chi connectivity index (χ1n) is 15.9. The molecule has 1 aliphatic rings. The maximum Gasteiger partial charge on any atom is 0.328 e. The molecule has 20 heteroatoms. The minimum Gasteiger partial charge on any atom is -0.480 e. The number of carboxylic acids is 1. The lowest BCUT2D eigenvalue weighted by Gasteiger charge is -2.34. The Bertz CT molecular complexity index is 1330. The molecular formula is C30H51N9O11. The summed E-state index contributed by atoms with van der Waals surface area (Å²) in [6, 6.07) is -7.91. The molecule has 1 heterocycles. The summed E-state index contributed by atoms with van der Waals surface area (Å²) in [5.74, 6) is -7.01. The third-order valence-electron chi connectivity index (χ3n) is 7.55. The zero-order valence-corrected chi connectivity index (χ0v) is 29.1. The third kappa shape index (κ3) is 12.1. The van der Waals surface area contributed by atoms with Crippen LogP contribution in [0.15, 0.2) is 16.4 Å². The van der Waals surface area contributed by atoms with Crippen molar-refractivity contribution >= 4 is 47.6 Å². The molecular weight excluding hydrogens is 662 g/mol. The number of aliphatic carboxylic acids is 1. The molecule has 0 radical (unpaired) electrons. The first-order chi connectivity index (χ1) is 23.2. The number of nitrogens with two attached hydrogens (primary N) is 2. The highest BCUT2D eigenvalue weighted by atomic mass is 16.4. The first kappa shape index (κ1) is 43.5. The second kappa shape index (κ2) is 19.6. The zero-order chi connectivity index (χ0) is 38.5. The van der Waals surface area contributed by atoms with Crippen molar-refractivity contribution in [3.05, 3.63) is 11.3 Å². The Balaban J connectivity index is 3.22. The van der Waals surface area contributed by atoms with Crippen LogP contribution >= 0.6 is 0 Å². The van der Waals surface area contributed by atoms with Gasteiger partial charge in [0, 0.05) is 12.3 Å². The van der Waals surface area contributed by atoms with Gasteiger partial charge in [-0.2, -0.15) is 5.10 Å². The van der Waals surface area contributed by atoms with Crippen LogP contribution in [0, 0.1) is 5.92 Å². The monoisotopic (exact) mass is 713 g/mol. The summed E-state index contributed by atoms with van der Waals surface area (Å²) in [6.07, 6.45) is 1.81. The number of aliphatic hydroxyl groups is 3. The number of amides is 6. The molecule has 6 atom stereocenters. The number of hydrazone groups is 1. The Morgan fingerprint density at radius 2 is 1.52 bits per heavy atom. The van der Waals surface area contributed by atoms with Gasteiger partial charge in [0.2, 0.25) is 23.6 Å². The highest BCUT2D eigenvalue weighted by Crippen LogP contribution is 2.17. The lowest BCUT2D eigenvalue weighted by Crippen LogP contribution is -2.64. The molecule has 1 aliphatic heterocycles. The molecule has 0 aromatic rings. The predicted octanol–water partition coefficient (Wildman–Crippen LogP) is -4.52. The van der Waals surface area contributed by atoms with Crippen molar-refractivity contribution in [2.75, 3.05) is 19.8 Å². The van der Waals surface area contributed by atoms with E-state index >= 15 is 0 Å². The van der Waals surface area contributed by atoms with Crippen molar-refractivity contribution in [1.29, 1.82) is 0 Å². The van der Waals surface area contributed by atoms with Gasteiger partial charge in [-0.15, -0.1) is 0 Å². The summed E-state index contributed by atoms with van der Waals surface area (Å²) in [5.41, 5.74) is 9.61. The van der Waals surface area contributed by atoms with Crippen molar-refractivity contribution in [1.82, 2.24) is 31.6 Å². The van der Waals surface area contributed by atoms with Crippen molar-refractivity contribution in [3.8, 4) is 0 Å². The Labute approximate surface area is 289 Å². The van der Waals surface area contributed by atoms with Gasteiger partial charge in [0.25, 0.3) is 11.8 Å². The van der Waals surface area contributed by atoms with Gasteiger partial charge in [-0.1, -0.05) is 13.8 Å². The third-order valence-corrected chi connectivity index (χ3v) is 7.55. The fourth-order valence-electron chi connectivity index (χ4n) is 4.48. The van der Waals surface area contributed by atoms with Gasteiger partial charge in [0.05, 0.1) is 19.8 Å². The van der Waals surface area contributed by atoms with E-state index in [2.05, 4.69) is 31.7 Å². The van der Waals surface area contributed by atoms with Gasteiger partial charge in [-0.05, 0) is 58.4 Å². The molecule has 0 saturated carbocycles. The van der Waals surface area contributed by atoms with Crippen LogP contribution in [0.3, 0.4) is 0 Å². The molecule has 0 aromatic heterocycles. The summed E-state index contributed by atoms with van der Waals surface area (Å²) in [4.78, 5) is 90.2. The minimum absolute atomic E-state index is 0.0729. The number of hydrogen-bond acceptors (Lipinski definition) is 13. The second-order valence-corrected chi connectivity index (χ2v) is 12.7. The topological polar surface area (TPSA) is 328 Å². The predicted molar refractivity (Wildman–Crippen MR) is 177 cm³/mol. The number of hydrogen-bond donors (Lipinski definition) is 11. The normalized spacial score (nSPS) is 17.4. The Hall–Kier alpha value is -4.50.